The average Bonchev–Trinajstić information content (AvgIpc) is 2.61. The number of aromatic nitrogens is 1. The van der Waals surface area contributed by atoms with Gasteiger partial charge in [0.1, 0.15) is 17.5 Å². The van der Waals surface area contributed by atoms with Crippen molar-refractivity contribution in [1.29, 1.82) is 0 Å². The predicted octanol–water partition coefficient (Wildman–Crippen LogP) is 4.97. The van der Waals surface area contributed by atoms with Gasteiger partial charge in [0.15, 0.2) is 0 Å². The molecule has 1 amide bonds. The summed E-state index contributed by atoms with van der Waals surface area (Å²) in [6.45, 7) is 3.97. The summed E-state index contributed by atoms with van der Waals surface area (Å²) in [6.07, 6.45) is 1.44. The van der Waals surface area contributed by atoms with Gasteiger partial charge >= 0.3 is 0 Å². The summed E-state index contributed by atoms with van der Waals surface area (Å²) >= 11 is 0. The summed E-state index contributed by atoms with van der Waals surface area (Å²) in [7, 11) is 0. The lowest BCUT2D eigenvalue weighted by atomic mass is 10.1. The van der Waals surface area contributed by atoms with Crippen molar-refractivity contribution in [2.75, 3.05) is 10.6 Å². The second-order valence-electron chi connectivity index (χ2n) is 5.93. The molecule has 0 atom stereocenters. The molecule has 0 saturated carbocycles. The lowest BCUT2D eigenvalue weighted by Gasteiger charge is -2.10. The van der Waals surface area contributed by atoms with Crippen LogP contribution in [0.15, 0.2) is 54.7 Å². The zero-order valence-corrected chi connectivity index (χ0v) is 14.3. The van der Waals surface area contributed by atoms with Crippen molar-refractivity contribution in [3.63, 3.8) is 0 Å². The number of carbonyl (C=O) groups is 1. The van der Waals surface area contributed by atoms with E-state index in [1.807, 2.05) is 32.0 Å². The monoisotopic (exact) mass is 353 g/mol. The topological polar surface area (TPSA) is 54.0 Å². The van der Waals surface area contributed by atoms with Crippen molar-refractivity contribution < 1.29 is 13.6 Å². The molecule has 2 N–H and O–H groups in total. The van der Waals surface area contributed by atoms with E-state index in [0.717, 1.165) is 23.3 Å². The van der Waals surface area contributed by atoms with Gasteiger partial charge in [-0.2, -0.15) is 0 Å². The number of rotatable bonds is 4. The number of hydrogen-bond acceptors (Lipinski definition) is 3. The first-order chi connectivity index (χ1) is 12.4. The third-order valence-electron chi connectivity index (χ3n) is 3.98. The minimum Gasteiger partial charge on any atom is -0.338 e. The molecule has 0 aliphatic heterocycles. The largest absolute Gasteiger partial charge is 0.338 e. The highest BCUT2D eigenvalue weighted by Gasteiger charge is 2.10. The number of pyridine rings is 1. The molecule has 1 heterocycles. The minimum atomic E-state index is -0.739. The van der Waals surface area contributed by atoms with Crippen molar-refractivity contribution in [3.8, 4) is 0 Å². The average molecular weight is 353 g/mol. The van der Waals surface area contributed by atoms with Crippen LogP contribution in [0.4, 0.5) is 26.0 Å². The Morgan fingerprint density at radius 1 is 0.962 bits per heavy atom. The van der Waals surface area contributed by atoms with E-state index in [0.29, 0.717) is 11.3 Å². The van der Waals surface area contributed by atoms with Gasteiger partial charge in [0, 0.05) is 23.5 Å². The summed E-state index contributed by atoms with van der Waals surface area (Å²) in [5.74, 6) is -1.43. The Labute approximate surface area is 149 Å². The quantitative estimate of drug-likeness (QED) is 0.696. The molecule has 0 unspecified atom stereocenters. The summed E-state index contributed by atoms with van der Waals surface area (Å²) in [5, 5.41) is 5.56. The first kappa shape index (κ1) is 17.5. The van der Waals surface area contributed by atoms with Crippen LogP contribution in [0.5, 0.6) is 0 Å². The fourth-order valence-corrected chi connectivity index (χ4v) is 2.39. The molecule has 0 aliphatic carbocycles. The highest BCUT2D eigenvalue weighted by Crippen LogP contribution is 2.21. The molecule has 0 spiro atoms. The van der Waals surface area contributed by atoms with Crippen LogP contribution in [0.3, 0.4) is 0 Å². The van der Waals surface area contributed by atoms with Crippen molar-refractivity contribution in [3.05, 3.63) is 83.1 Å². The van der Waals surface area contributed by atoms with Gasteiger partial charge < -0.3 is 10.6 Å². The van der Waals surface area contributed by atoms with E-state index in [-0.39, 0.29) is 17.4 Å². The molecule has 26 heavy (non-hydrogen) atoms. The van der Waals surface area contributed by atoms with Crippen molar-refractivity contribution in [2.45, 2.75) is 13.8 Å². The van der Waals surface area contributed by atoms with Gasteiger partial charge in [0.25, 0.3) is 5.91 Å². The van der Waals surface area contributed by atoms with Gasteiger partial charge in [-0.05, 0) is 61.4 Å². The van der Waals surface area contributed by atoms with E-state index in [1.165, 1.54) is 18.3 Å². The molecule has 0 bridgehead atoms. The number of benzene rings is 2. The lowest BCUT2D eigenvalue weighted by molar-refractivity contribution is 0.102. The van der Waals surface area contributed by atoms with E-state index < -0.39 is 11.6 Å². The number of halogens is 2. The molecular formula is C20H17F2N3O. The summed E-state index contributed by atoms with van der Waals surface area (Å²) in [5.41, 5.74) is 3.34. The number of hydrogen-bond donors (Lipinski definition) is 2. The zero-order chi connectivity index (χ0) is 18.7. The van der Waals surface area contributed by atoms with Crippen LogP contribution in [0.1, 0.15) is 21.5 Å². The van der Waals surface area contributed by atoms with Crippen molar-refractivity contribution in [1.82, 2.24) is 4.98 Å². The van der Waals surface area contributed by atoms with Crippen molar-refractivity contribution in [2.24, 2.45) is 0 Å². The summed E-state index contributed by atoms with van der Waals surface area (Å²) in [6, 6.07) is 11.9. The normalized spacial score (nSPS) is 10.5. The smallest absolute Gasteiger partial charge is 0.255 e. The van der Waals surface area contributed by atoms with Gasteiger partial charge in [-0.1, -0.05) is 6.07 Å². The van der Waals surface area contributed by atoms with Crippen LogP contribution in [-0.4, -0.2) is 10.9 Å². The molecule has 6 heteroatoms. The molecular weight excluding hydrogens is 336 g/mol. The molecule has 3 aromatic rings. The van der Waals surface area contributed by atoms with Gasteiger partial charge in [-0.25, -0.2) is 13.8 Å². The fourth-order valence-electron chi connectivity index (χ4n) is 2.39. The van der Waals surface area contributed by atoms with Crippen LogP contribution in [0.25, 0.3) is 0 Å². The van der Waals surface area contributed by atoms with Crippen LogP contribution in [0.2, 0.25) is 0 Å². The molecule has 1 aromatic heterocycles. The molecule has 2 aromatic carbocycles. The van der Waals surface area contributed by atoms with E-state index in [2.05, 4.69) is 15.6 Å². The Morgan fingerprint density at radius 3 is 2.50 bits per heavy atom. The SMILES string of the molecule is Cc1ccc(NC(=O)c2ccnc(Nc3ccc(F)cc3F)c2)cc1C. The van der Waals surface area contributed by atoms with Gasteiger partial charge in [-0.3, -0.25) is 4.79 Å². The van der Waals surface area contributed by atoms with Gasteiger partial charge in [0.05, 0.1) is 5.69 Å². The highest BCUT2D eigenvalue weighted by molar-refractivity contribution is 6.04. The lowest BCUT2D eigenvalue weighted by Crippen LogP contribution is -2.12. The molecule has 132 valence electrons. The Kier molecular flexibility index (Phi) is 4.93. The fraction of sp³-hybridized carbons (Fsp3) is 0.100. The third kappa shape index (κ3) is 4.03. The third-order valence-corrected chi connectivity index (χ3v) is 3.98. The van der Waals surface area contributed by atoms with Gasteiger partial charge in [0.2, 0.25) is 0 Å². The molecule has 3 rings (SSSR count). The number of nitrogens with zero attached hydrogens (tertiary/aromatic N) is 1. The first-order valence-electron chi connectivity index (χ1n) is 7.99. The Morgan fingerprint density at radius 2 is 1.77 bits per heavy atom. The van der Waals surface area contributed by atoms with Crippen molar-refractivity contribution >= 4 is 23.1 Å². The summed E-state index contributed by atoms with van der Waals surface area (Å²) < 4.78 is 26.7. The summed E-state index contributed by atoms with van der Waals surface area (Å²) in [4.78, 5) is 16.5. The van der Waals surface area contributed by atoms with Gasteiger partial charge in [-0.15, -0.1) is 0 Å². The maximum absolute atomic E-state index is 13.7. The zero-order valence-electron chi connectivity index (χ0n) is 14.3. The minimum absolute atomic E-state index is 0.0746. The Hall–Kier alpha value is -3.28. The molecule has 0 fully saturated rings. The molecule has 0 aliphatic rings. The van der Waals surface area contributed by atoms with E-state index in [1.54, 1.807) is 6.07 Å². The van der Waals surface area contributed by atoms with Crippen LogP contribution >= 0.6 is 0 Å². The van der Waals surface area contributed by atoms with E-state index >= 15 is 0 Å². The molecule has 0 radical (unpaired) electrons. The maximum Gasteiger partial charge on any atom is 0.255 e. The first-order valence-corrected chi connectivity index (χ1v) is 7.99. The molecule has 0 saturated heterocycles. The number of aryl methyl sites for hydroxylation is 2. The Balaban J connectivity index is 1.77. The second-order valence-corrected chi connectivity index (χ2v) is 5.93. The second kappa shape index (κ2) is 7.31. The predicted molar refractivity (Wildman–Crippen MR) is 97.7 cm³/mol. The number of amides is 1. The van der Waals surface area contributed by atoms with Crippen LogP contribution in [-0.2, 0) is 0 Å². The van der Waals surface area contributed by atoms with E-state index in [4.69, 9.17) is 0 Å². The van der Waals surface area contributed by atoms with Crippen LogP contribution in [0, 0.1) is 25.5 Å². The molecule has 4 nitrogen and oxygen atoms in total. The maximum atomic E-state index is 13.7. The standard InChI is InChI=1S/C20H17F2N3O/c1-12-3-5-16(9-13(12)2)24-20(26)14-7-8-23-19(10-14)25-18-6-4-15(21)11-17(18)22/h3-11H,1-2H3,(H,23,25)(H,24,26). The Bertz CT molecular complexity index is 973. The number of nitrogens with one attached hydrogen (secondary N) is 2. The highest BCUT2D eigenvalue weighted by atomic mass is 19.1. The van der Waals surface area contributed by atoms with E-state index in [9.17, 15) is 13.6 Å². The number of anilines is 3. The van der Waals surface area contributed by atoms with Crippen LogP contribution < -0.4 is 10.6 Å². The number of carbonyl (C=O) groups excluding carboxylic acids is 1.